The van der Waals surface area contributed by atoms with E-state index >= 15 is 0 Å². The quantitative estimate of drug-likeness (QED) is 0.254. The SMILES string of the molecule is CCCCCCCCCCCCCCC.CO[P+](=O)OC. The monoisotopic (exact) mass is 321 g/mol. The van der Waals surface area contributed by atoms with Crippen molar-refractivity contribution >= 4 is 8.25 Å². The molecule has 0 fully saturated rings. The van der Waals surface area contributed by atoms with Gasteiger partial charge in [0, 0.05) is 4.57 Å². The molecule has 128 valence electrons. The highest BCUT2D eigenvalue weighted by Crippen LogP contribution is 2.18. The molecule has 0 spiro atoms. The van der Waals surface area contributed by atoms with Crippen molar-refractivity contribution in [1.29, 1.82) is 0 Å². The molecule has 0 rings (SSSR count). The second kappa shape index (κ2) is 22.3. The Morgan fingerprint density at radius 1 is 0.571 bits per heavy atom. The van der Waals surface area contributed by atoms with Gasteiger partial charge in [-0.25, -0.2) is 0 Å². The summed E-state index contributed by atoms with van der Waals surface area (Å²) in [5, 5.41) is 0. The van der Waals surface area contributed by atoms with E-state index in [0.29, 0.717) is 0 Å². The molecule has 0 aliphatic rings. The van der Waals surface area contributed by atoms with E-state index < -0.39 is 8.25 Å². The first kappa shape index (κ1) is 23.3. The molecule has 0 amide bonds. The molecule has 0 aliphatic carbocycles. The van der Waals surface area contributed by atoms with Crippen LogP contribution in [-0.4, -0.2) is 14.2 Å². The normalized spacial score (nSPS) is 10.1. The molecule has 0 aromatic carbocycles. The number of hydrogen-bond acceptors (Lipinski definition) is 3. The summed E-state index contributed by atoms with van der Waals surface area (Å²) in [6, 6.07) is 0. The molecular weight excluding hydrogens is 283 g/mol. The van der Waals surface area contributed by atoms with Crippen LogP contribution in [0.25, 0.3) is 0 Å². The highest BCUT2D eigenvalue weighted by molar-refractivity contribution is 7.33. The molecule has 0 aromatic heterocycles. The minimum Gasteiger partial charge on any atom is -0.122 e. The molecule has 0 bridgehead atoms. The van der Waals surface area contributed by atoms with Crippen molar-refractivity contribution < 1.29 is 13.6 Å². The van der Waals surface area contributed by atoms with Crippen LogP contribution in [0, 0.1) is 0 Å². The summed E-state index contributed by atoms with van der Waals surface area (Å²) in [7, 11) is 0.817. The van der Waals surface area contributed by atoms with Gasteiger partial charge < -0.3 is 0 Å². The molecule has 4 heteroatoms. The van der Waals surface area contributed by atoms with Gasteiger partial charge in [0.25, 0.3) is 0 Å². The van der Waals surface area contributed by atoms with Gasteiger partial charge in [-0.1, -0.05) is 97.3 Å². The van der Waals surface area contributed by atoms with Crippen molar-refractivity contribution in [3.8, 4) is 0 Å². The fourth-order valence-corrected chi connectivity index (χ4v) is 2.31. The van der Waals surface area contributed by atoms with E-state index in [-0.39, 0.29) is 0 Å². The van der Waals surface area contributed by atoms with E-state index in [9.17, 15) is 4.57 Å². The summed E-state index contributed by atoms with van der Waals surface area (Å²) in [6.45, 7) is 4.58. The summed E-state index contributed by atoms with van der Waals surface area (Å²) in [4.78, 5) is 0. The summed E-state index contributed by atoms with van der Waals surface area (Å²) in [6.07, 6.45) is 18.9. The van der Waals surface area contributed by atoms with Crippen LogP contribution in [0.5, 0.6) is 0 Å². The molecule has 0 saturated heterocycles. The maximum Gasteiger partial charge on any atom is 0.696 e. The molecule has 0 aromatic rings. The van der Waals surface area contributed by atoms with E-state index in [2.05, 4.69) is 22.9 Å². The Bertz CT molecular complexity index is 180. The zero-order valence-corrected chi connectivity index (χ0v) is 15.8. The maximum absolute atomic E-state index is 9.88. The van der Waals surface area contributed by atoms with Gasteiger partial charge in [-0.2, -0.15) is 0 Å². The Kier molecular flexibility index (Phi) is 24.7. The van der Waals surface area contributed by atoms with Crippen molar-refractivity contribution in [2.75, 3.05) is 14.2 Å². The summed E-state index contributed by atoms with van der Waals surface area (Å²) < 4.78 is 18.3. The van der Waals surface area contributed by atoms with Crippen LogP contribution in [0.15, 0.2) is 0 Å². The number of unbranched alkanes of at least 4 members (excludes halogenated alkanes) is 12. The van der Waals surface area contributed by atoms with Gasteiger partial charge in [-0.15, -0.1) is 9.05 Å². The highest BCUT2D eigenvalue weighted by Gasteiger charge is 2.10. The van der Waals surface area contributed by atoms with Crippen LogP contribution < -0.4 is 0 Å². The van der Waals surface area contributed by atoms with Gasteiger partial charge in [-0.05, 0) is 0 Å². The minimum absolute atomic E-state index is 1.32. The lowest BCUT2D eigenvalue weighted by atomic mass is 10.1. The molecule has 3 nitrogen and oxygen atoms in total. The largest absolute Gasteiger partial charge is 0.696 e. The fraction of sp³-hybridized carbons (Fsp3) is 1.00. The van der Waals surface area contributed by atoms with Gasteiger partial charge in [0.15, 0.2) is 0 Å². The van der Waals surface area contributed by atoms with E-state index in [0.717, 1.165) is 0 Å². The van der Waals surface area contributed by atoms with Crippen molar-refractivity contribution in [2.24, 2.45) is 0 Å². The molecule has 0 N–H and O–H groups in total. The van der Waals surface area contributed by atoms with Crippen molar-refractivity contribution in [2.45, 2.75) is 97.3 Å². The van der Waals surface area contributed by atoms with Gasteiger partial charge in [0.2, 0.25) is 0 Å². The van der Waals surface area contributed by atoms with Crippen molar-refractivity contribution in [1.82, 2.24) is 0 Å². The first-order valence-corrected chi connectivity index (χ1v) is 9.87. The van der Waals surface area contributed by atoms with Crippen LogP contribution in [0.1, 0.15) is 97.3 Å². The number of rotatable bonds is 14. The van der Waals surface area contributed by atoms with Crippen LogP contribution in [0.2, 0.25) is 0 Å². The third-order valence-electron chi connectivity index (χ3n) is 3.51. The Morgan fingerprint density at radius 3 is 0.952 bits per heavy atom. The second-order valence-corrected chi connectivity index (χ2v) is 6.66. The van der Waals surface area contributed by atoms with Crippen LogP contribution in [-0.2, 0) is 13.6 Å². The van der Waals surface area contributed by atoms with E-state index in [1.807, 2.05) is 0 Å². The fourth-order valence-electron chi connectivity index (χ4n) is 2.17. The van der Waals surface area contributed by atoms with Crippen molar-refractivity contribution in [3.63, 3.8) is 0 Å². The Morgan fingerprint density at radius 2 is 0.810 bits per heavy atom. The summed E-state index contributed by atoms with van der Waals surface area (Å²) >= 11 is 0. The maximum atomic E-state index is 9.88. The van der Waals surface area contributed by atoms with Crippen LogP contribution in [0.3, 0.4) is 0 Å². The zero-order chi connectivity index (χ0) is 16.2. The Balaban J connectivity index is 0. The second-order valence-electron chi connectivity index (χ2n) is 5.48. The molecule has 0 radical (unpaired) electrons. The van der Waals surface area contributed by atoms with E-state index in [1.54, 1.807) is 0 Å². The van der Waals surface area contributed by atoms with Gasteiger partial charge in [0.1, 0.15) is 0 Å². The first-order valence-electron chi connectivity index (χ1n) is 8.78. The Labute approximate surface area is 134 Å². The summed E-state index contributed by atoms with van der Waals surface area (Å²) in [5.74, 6) is 0. The van der Waals surface area contributed by atoms with E-state index in [4.69, 9.17) is 0 Å². The third kappa shape index (κ3) is 25.3. The predicted molar refractivity (Wildman–Crippen MR) is 93.0 cm³/mol. The first-order chi connectivity index (χ1) is 10.2. The molecular formula is C17H38O3P+. The van der Waals surface area contributed by atoms with Crippen LogP contribution >= 0.6 is 8.25 Å². The minimum atomic E-state index is -1.83. The standard InChI is InChI=1S/C15H32.C2H6O3P/c1-3-5-7-9-11-13-15-14-12-10-8-6-4-2;1-4-6(3)5-2/h3-15H2,1-2H3;1-2H3/q;+1. The lowest BCUT2D eigenvalue weighted by Gasteiger charge is -2.01. The molecule has 0 aliphatic heterocycles. The zero-order valence-electron chi connectivity index (χ0n) is 14.9. The number of hydrogen-bond donors (Lipinski definition) is 0. The molecule has 0 atom stereocenters. The lowest BCUT2D eigenvalue weighted by Crippen LogP contribution is -1.82. The molecule has 21 heavy (non-hydrogen) atoms. The molecule has 0 heterocycles. The van der Waals surface area contributed by atoms with Gasteiger partial charge in [-0.3, -0.25) is 0 Å². The highest BCUT2D eigenvalue weighted by atomic mass is 31.1. The average Bonchev–Trinajstić information content (AvgIpc) is 2.52. The topological polar surface area (TPSA) is 35.5 Å². The van der Waals surface area contributed by atoms with Gasteiger partial charge >= 0.3 is 8.25 Å². The average molecular weight is 321 g/mol. The Hall–Kier alpha value is 0.0200. The van der Waals surface area contributed by atoms with Gasteiger partial charge in [0.05, 0.1) is 14.2 Å². The summed E-state index contributed by atoms with van der Waals surface area (Å²) in [5.41, 5.74) is 0. The van der Waals surface area contributed by atoms with E-state index in [1.165, 1.54) is 97.7 Å². The molecule has 0 unspecified atom stereocenters. The van der Waals surface area contributed by atoms with Crippen LogP contribution in [0.4, 0.5) is 0 Å². The third-order valence-corrected chi connectivity index (χ3v) is 4.10. The smallest absolute Gasteiger partial charge is 0.122 e. The van der Waals surface area contributed by atoms with Crippen molar-refractivity contribution in [3.05, 3.63) is 0 Å². The predicted octanol–water partition coefficient (Wildman–Crippen LogP) is 7.03. The lowest BCUT2D eigenvalue weighted by molar-refractivity contribution is 0.302. The molecule has 0 saturated carbocycles.